The molecule has 1 aliphatic heterocycles. The number of piperidine rings is 1. The zero-order valence-corrected chi connectivity index (χ0v) is 19.4. The molecule has 172 valence electrons. The molecule has 0 bridgehead atoms. The molecule has 2 amide bonds. The molecule has 0 unspecified atom stereocenters. The predicted octanol–water partition coefficient (Wildman–Crippen LogP) is 5.90. The second-order valence-corrected chi connectivity index (χ2v) is 9.30. The molecular weight excluding hydrogens is 435 g/mol. The number of carbonyl (C=O) groups excluding carboxylic acids is 2. The molecule has 0 aromatic heterocycles. The van der Waals surface area contributed by atoms with E-state index >= 15 is 0 Å². The van der Waals surface area contributed by atoms with Crippen molar-refractivity contribution in [3.05, 3.63) is 58.9 Å². The fourth-order valence-electron chi connectivity index (χ4n) is 3.54. The molecule has 2 atom stereocenters. The van der Waals surface area contributed by atoms with Gasteiger partial charge in [-0.05, 0) is 58.0 Å². The van der Waals surface area contributed by atoms with Gasteiger partial charge in [0.1, 0.15) is 23.3 Å². The quantitative estimate of drug-likeness (QED) is 0.614. The number of hydrogen-bond donors (Lipinski definition) is 1. The average molecular weight is 463 g/mol. The Bertz CT molecular complexity index is 992. The van der Waals surface area contributed by atoms with Crippen LogP contribution in [0.1, 0.15) is 50.9 Å². The molecule has 32 heavy (non-hydrogen) atoms. The molecule has 3 rings (SSSR count). The van der Waals surface area contributed by atoms with Crippen LogP contribution in [0.25, 0.3) is 0 Å². The number of amides is 2. The van der Waals surface area contributed by atoms with Crippen molar-refractivity contribution in [3.63, 3.8) is 0 Å². The number of rotatable bonds is 4. The van der Waals surface area contributed by atoms with E-state index in [1.165, 1.54) is 12.1 Å². The normalized spacial score (nSPS) is 18.8. The summed E-state index contributed by atoms with van der Waals surface area (Å²) in [6.45, 7) is 8.06. The van der Waals surface area contributed by atoms with Crippen molar-refractivity contribution in [2.24, 2.45) is 0 Å². The summed E-state index contributed by atoms with van der Waals surface area (Å²) < 4.78 is 24.8. The number of carbonyl (C=O) groups is 2. The van der Waals surface area contributed by atoms with Crippen molar-refractivity contribution in [1.82, 2.24) is 4.90 Å². The molecule has 1 fully saturated rings. The number of halogens is 2. The molecule has 2 aromatic rings. The van der Waals surface area contributed by atoms with E-state index in [9.17, 15) is 14.0 Å². The standard InChI is InChI=1S/C24H28ClFN2O4/c1-15-12-19(10-11-28(15)23(30)32-24(2,3)4)31-18-7-5-6-17(14-18)27-22(29)20-9-8-16(26)13-21(20)25/h5-9,13-15,19H,10-12H2,1-4H3,(H,27,29)/t15-,19-/m0/s1. The maximum atomic E-state index is 13.2. The summed E-state index contributed by atoms with van der Waals surface area (Å²) >= 11 is 5.97. The first-order valence-corrected chi connectivity index (χ1v) is 10.9. The number of hydrogen-bond acceptors (Lipinski definition) is 4. The molecule has 1 aliphatic rings. The molecule has 2 aromatic carbocycles. The molecule has 1 saturated heterocycles. The van der Waals surface area contributed by atoms with Crippen LogP contribution in [0.4, 0.5) is 14.9 Å². The van der Waals surface area contributed by atoms with E-state index in [1.54, 1.807) is 23.1 Å². The third kappa shape index (κ3) is 6.36. The molecule has 0 aliphatic carbocycles. The number of likely N-dealkylation sites (tertiary alicyclic amines) is 1. The predicted molar refractivity (Wildman–Crippen MR) is 122 cm³/mol. The Balaban J connectivity index is 1.59. The Labute approximate surface area is 192 Å². The van der Waals surface area contributed by atoms with E-state index in [4.69, 9.17) is 21.1 Å². The van der Waals surface area contributed by atoms with E-state index in [0.29, 0.717) is 30.8 Å². The number of benzene rings is 2. The Hall–Kier alpha value is -2.80. The summed E-state index contributed by atoms with van der Waals surface area (Å²) in [4.78, 5) is 26.6. The fraction of sp³-hybridized carbons (Fsp3) is 0.417. The van der Waals surface area contributed by atoms with Gasteiger partial charge in [0.05, 0.1) is 10.6 Å². The van der Waals surface area contributed by atoms with Gasteiger partial charge in [-0.2, -0.15) is 0 Å². The number of anilines is 1. The van der Waals surface area contributed by atoms with Gasteiger partial charge < -0.3 is 19.7 Å². The minimum absolute atomic E-state index is 0.0212. The zero-order chi connectivity index (χ0) is 23.5. The van der Waals surface area contributed by atoms with Crippen LogP contribution in [0.5, 0.6) is 5.75 Å². The van der Waals surface area contributed by atoms with E-state index in [0.717, 1.165) is 6.07 Å². The van der Waals surface area contributed by atoms with Crippen LogP contribution in [0.2, 0.25) is 5.02 Å². The van der Waals surface area contributed by atoms with Gasteiger partial charge in [-0.1, -0.05) is 17.7 Å². The van der Waals surface area contributed by atoms with Gasteiger partial charge in [0, 0.05) is 37.2 Å². The first-order valence-electron chi connectivity index (χ1n) is 10.5. The van der Waals surface area contributed by atoms with Crippen LogP contribution in [0.15, 0.2) is 42.5 Å². The Morgan fingerprint density at radius 1 is 1.19 bits per heavy atom. The molecule has 1 heterocycles. The second kappa shape index (κ2) is 9.77. The second-order valence-electron chi connectivity index (χ2n) is 8.89. The molecule has 0 spiro atoms. The highest BCUT2D eigenvalue weighted by Crippen LogP contribution is 2.27. The maximum Gasteiger partial charge on any atom is 0.410 e. The number of nitrogens with one attached hydrogen (secondary N) is 1. The summed E-state index contributed by atoms with van der Waals surface area (Å²) in [5.74, 6) is -0.337. The minimum Gasteiger partial charge on any atom is -0.490 e. The topological polar surface area (TPSA) is 67.9 Å². The molecule has 0 radical (unpaired) electrons. The largest absolute Gasteiger partial charge is 0.490 e. The third-order valence-corrected chi connectivity index (χ3v) is 5.34. The summed E-state index contributed by atoms with van der Waals surface area (Å²) in [6.07, 6.45) is 0.959. The highest BCUT2D eigenvalue weighted by molar-refractivity contribution is 6.34. The Morgan fingerprint density at radius 3 is 2.59 bits per heavy atom. The van der Waals surface area contributed by atoms with Crippen molar-refractivity contribution in [2.45, 2.75) is 58.3 Å². The molecular formula is C24H28ClFN2O4. The highest BCUT2D eigenvalue weighted by atomic mass is 35.5. The van der Waals surface area contributed by atoms with E-state index in [-0.39, 0.29) is 28.8 Å². The minimum atomic E-state index is -0.535. The van der Waals surface area contributed by atoms with Gasteiger partial charge in [0.2, 0.25) is 0 Å². The van der Waals surface area contributed by atoms with Gasteiger partial charge >= 0.3 is 6.09 Å². The van der Waals surface area contributed by atoms with Crippen molar-refractivity contribution in [3.8, 4) is 5.75 Å². The van der Waals surface area contributed by atoms with E-state index in [2.05, 4.69) is 5.32 Å². The van der Waals surface area contributed by atoms with Crippen LogP contribution >= 0.6 is 11.6 Å². The Morgan fingerprint density at radius 2 is 1.94 bits per heavy atom. The van der Waals surface area contributed by atoms with Crippen LogP contribution in [0.3, 0.4) is 0 Å². The van der Waals surface area contributed by atoms with E-state index in [1.807, 2.05) is 33.8 Å². The molecule has 6 nitrogen and oxygen atoms in total. The van der Waals surface area contributed by atoms with Crippen molar-refractivity contribution in [1.29, 1.82) is 0 Å². The highest BCUT2D eigenvalue weighted by Gasteiger charge is 2.32. The first-order chi connectivity index (χ1) is 15.0. The van der Waals surface area contributed by atoms with Crippen LogP contribution < -0.4 is 10.1 Å². The number of nitrogens with zero attached hydrogens (tertiary/aromatic N) is 1. The van der Waals surface area contributed by atoms with Gasteiger partial charge in [-0.15, -0.1) is 0 Å². The van der Waals surface area contributed by atoms with Gasteiger partial charge in [-0.25, -0.2) is 9.18 Å². The van der Waals surface area contributed by atoms with Crippen molar-refractivity contribution >= 4 is 29.3 Å². The summed E-state index contributed by atoms with van der Waals surface area (Å²) in [6, 6.07) is 10.6. The average Bonchev–Trinajstić information content (AvgIpc) is 2.66. The maximum absolute atomic E-state index is 13.2. The lowest BCUT2D eigenvalue weighted by Gasteiger charge is -2.38. The molecule has 8 heteroatoms. The van der Waals surface area contributed by atoms with Crippen LogP contribution in [-0.2, 0) is 4.74 Å². The van der Waals surface area contributed by atoms with Crippen molar-refractivity contribution < 1.29 is 23.5 Å². The van der Waals surface area contributed by atoms with E-state index < -0.39 is 17.3 Å². The summed E-state index contributed by atoms with van der Waals surface area (Å²) in [5, 5.41) is 2.80. The van der Waals surface area contributed by atoms with Gasteiger partial charge in [-0.3, -0.25) is 4.79 Å². The zero-order valence-electron chi connectivity index (χ0n) is 18.7. The lowest BCUT2D eigenvalue weighted by molar-refractivity contribution is -0.00102. The van der Waals surface area contributed by atoms with Crippen LogP contribution in [-0.4, -0.2) is 41.2 Å². The summed E-state index contributed by atoms with van der Waals surface area (Å²) in [5.41, 5.74) is 0.183. The molecule has 1 N–H and O–H groups in total. The van der Waals surface area contributed by atoms with Gasteiger partial charge in [0.15, 0.2) is 0 Å². The number of ether oxygens (including phenoxy) is 2. The molecule has 0 saturated carbocycles. The lowest BCUT2D eigenvalue weighted by atomic mass is 10.0. The smallest absolute Gasteiger partial charge is 0.410 e. The van der Waals surface area contributed by atoms with Crippen LogP contribution in [0, 0.1) is 5.82 Å². The summed E-state index contributed by atoms with van der Waals surface area (Å²) in [7, 11) is 0. The van der Waals surface area contributed by atoms with Gasteiger partial charge in [0.25, 0.3) is 5.91 Å². The van der Waals surface area contributed by atoms with Crippen molar-refractivity contribution in [2.75, 3.05) is 11.9 Å². The Kier molecular flexibility index (Phi) is 7.29. The first kappa shape index (κ1) is 23.9. The monoisotopic (exact) mass is 462 g/mol. The SMILES string of the molecule is C[C@H]1C[C@@H](Oc2cccc(NC(=O)c3ccc(F)cc3Cl)c2)CCN1C(=O)OC(C)(C)C. The third-order valence-electron chi connectivity index (χ3n) is 5.03. The lowest BCUT2D eigenvalue weighted by Crippen LogP contribution is -2.49. The fourth-order valence-corrected chi connectivity index (χ4v) is 3.79.